The highest BCUT2D eigenvalue weighted by Gasteiger charge is 2.49. The molecule has 0 amide bonds. The minimum Gasteiger partial charge on any atom is -0.469 e. The fraction of sp³-hybridized carbons (Fsp3) is 0.500. The highest BCUT2D eigenvalue weighted by atomic mass is 16.7. The van der Waals surface area contributed by atoms with Crippen LogP contribution in [0.5, 0.6) is 5.75 Å². The molecule has 2 rings (SSSR count). The van der Waals surface area contributed by atoms with E-state index in [-0.39, 0.29) is 5.97 Å². The number of benzene rings is 1. The van der Waals surface area contributed by atoms with E-state index in [1.165, 1.54) is 12.0 Å². The van der Waals surface area contributed by atoms with Crippen molar-refractivity contribution in [3.8, 4) is 5.75 Å². The summed E-state index contributed by atoms with van der Waals surface area (Å²) >= 11 is 0. The molecule has 1 unspecified atom stereocenters. The number of carbonyl (C=O) groups excluding carboxylic acids is 2. The van der Waals surface area contributed by atoms with Crippen LogP contribution in [0.3, 0.4) is 0 Å². The van der Waals surface area contributed by atoms with Gasteiger partial charge in [-0.15, -0.1) is 0 Å². The molecule has 6 heteroatoms. The number of esters is 1. The lowest BCUT2D eigenvalue weighted by Crippen LogP contribution is -3.12. The van der Waals surface area contributed by atoms with Crippen molar-refractivity contribution in [2.75, 3.05) is 27.2 Å². The maximum Gasteiger partial charge on any atom is 0.514 e. The second-order valence-electron chi connectivity index (χ2n) is 5.82. The van der Waals surface area contributed by atoms with Crippen LogP contribution in [0.1, 0.15) is 13.3 Å². The molecule has 6 nitrogen and oxygen atoms in total. The van der Waals surface area contributed by atoms with Crippen LogP contribution >= 0.6 is 0 Å². The molecule has 1 aromatic carbocycles. The van der Waals surface area contributed by atoms with Crippen LogP contribution in [0.25, 0.3) is 0 Å². The molecule has 1 aromatic rings. The summed E-state index contributed by atoms with van der Waals surface area (Å²) in [4.78, 5) is 25.2. The van der Waals surface area contributed by atoms with Crippen LogP contribution < -0.4 is 9.64 Å². The quantitative estimate of drug-likeness (QED) is 0.657. The van der Waals surface area contributed by atoms with Crippen LogP contribution in [0.4, 0.5) is 4.79 Å². The van der Waals surface area contributed by atoms with Crippen molar-refractivity contribution in [2.45, 2.75) is 18.9 Å². The average molecular weight is 308 g/mol. The van der Waals surface area contributed by atoms with Crippen molar-refractivity contribution in [1.82, 2.24) is 0 Å². The Balaban J connectivity index is 2.07. The third kappa shape index (κ3) is 3.76. The number of hydrogen-bond donors (Lipinski definition) is 1. The Morgan fingerprint density at radius 2 is 1.95 bits per heavy atom. The van der Waals surface area contributed by atoms with Crippen molar-refractivity contribution in [2.24, 2.45) is 5.92 Å². The number of rotatable bonds is 3. The number of ether oxygens (including phenoxy) is 3. The lowest BCUT2D eigenvalue weighted by Gasteiger charge is -2.39. The summed E-state index contributed by atoms with van der Waals surface area (Å²) in [5, 5.41) is 0. The van der Waals surface area contributed by atoms with E-state index in [1.54, 1.807) is 31.2 Å². The summed E-state index contributed by atoms with van der Waals surface area (Å²) in [6.07, 6.45) is -0.232. The molecule has 0 radical (unpaired) electrons. The zero-order valence-corrected chi connectivity index (χ0v) is 13.1. The van der Waals surface area contributed by atoms with E-state index in [0.717, 1.165) is 6.54 Å². The number of methoxy groups -OCH3 is 1. The molecule has 0 saturated carbocycles. The van der Waals surface area contributed by atoms with E-state index in [0.29, 0.717) is 18.7 Å². The lowest BCUT2D eigenvalue weighted by atomic mass is 9.82. The number of quaternary nitrogens is 1. The van der Waals surface area contributed by atoms with Gasteiger partial charge in [-0.25, -0.2) is 4.79 Å². The van der Waals surface area contributed by atoms with Crippen molar-refractivity contribution < 1.29 is 28.7 Å². The minimum absolute atomic E-state index is 0.367. The molecule has 1 saturated heterocycles. The van der Waals surface area contributed by atoms with Gasteiger partial charge in [-0.3, -0.25) is 4.79 Å². The topological polar surface area (TPSA) is 66.3 Å². The predicted octanol–water partition coefficient (Wildman–Crippen LogP) is 0.668. The molecule has 0 aliphatic carbocycles. The number of likely N-dealkylation sites (tertiary alicyclic amines) is 1. The number of piperidine rings is 1. The molecule has 22 heavy (non-hydrogen) atoms. The first-order valence-corrected chi connectivity index (χ1v) is 7.29. The summed E-state index contributed by atoms with van der Waals surface area (Å²) < 4.78 is 15.5. The van der Waals surface area contributed by atoms with E-state index in [4.69, 9.17) is 14.2 Å². The number of nitrogens with one attached hydrogen (secondary N) is 1. The van der Waals surface area contributed by atoms with Crippen molar-refractivity contribution in [3.05, 3.63) is 30.3 Å². The van der Waals surface area contributed by atoms with Gasteiger partial charge in [0.15, 0.2) is 0 Å². The van der Waals surface area contributed by atoms with Crippen LogP contribution in [0, 0.1) is 5.92 Å². The predicted molar refractivity (Wildman–Crippen MR) is 78.7 cm³/mol. The molecule has 1 heterocycles. The SMILES string of the molecule is COC(=O)[C@H]1C[NH+](C)CC[C@@]1(C)OC(=O)Oc1ccccc1. The Bertz CT molecular complexity index is 533. The zero-order chi connectivity index (χ0) is 16.2. The summed E-state index contributed by atoms with van der Waals surface area (Å²) in [6.45, 7) is 3.12. The maximum atomic E-state index is 12.0. The first kappa shape index (κ1) is 16.3. The van der Waals surface area contributed by atoms with Crippen molar-refractivity contribution in [3.63, 3.8) is 0 Å². The third-order valence-corrected chi connectivity index (χ3v) is 4.08. The number of hydrogen-bond acceptors (Lipinski definition) is 5. The average Bonchev–Trinajstić information content (AvgIpc) is 2.50. The Morgan fingerprint density at radius 3 is 2.59 bits per heavy atom. The van der Waals surface area contributed by atoms with Gasteiger partial charge in [0.1, 0.15) is 17.3 Å². The largest absolute Gasteiger partial charge is 0.514 e. The van der Waals surface area contributed by atoms with E-state index in [9.17, 15) is 9.59 Å². The van der Waals surface area contributed by atoms with Crippen LogP contribution in [-0.4, -0.2) is 45.0 Å². The molecule has 1 aliphatic rings. The van der Waals surface area contributed by atoms with E-state index in [1.807, 2.05) is 13.1 Å². The van der Waals surface area contributed by atoms with Gasteiger partial charge in [-0.2, -0.15) is 0 Å². The highest BCUT2D eigenvalue weighted by Crippen LogP contribution is 2.28. The fourth-order valence-corrected chi connectivity index (χ4v) is 2.70. The normalized spacial score (nSPS) is 27.8. The maximum absolute atomic E-state index is 12.0. The van der Waals surface area contributed by atoms with Crippen LogP contribution in [-0.2, 0) is 14.3 Å². The fourth-order valence-electron chi connectivity index (χ4n) is 2.70. The van der Waals surface area contributed by atoms with Crippen molar-refractivity contribution in [1.29, 1.82) is 0 Å². The smallest absolute Gasteiger partial charge is 0.469 e. The standard InChI is InChI=1S/C16H21NO5/c1-16(9-10-17(2)11-13(16)14(18)20-3)22-15(19)21-12-7-5-4-6-8-12/h4-8,13H,9-11H2,1-3H3/p+1/t13-,16-/m1/s1. The Kier molecular flexibility index (Phi) is 5.03. The summed E-state index contributed by atoms with van der Waals surface area (Å²) in [6, 6.07) is 8.69. The molecule has 3 atom stereocenters. The first-order valence-electron chi connectivity index (χ1n) is 7.29. The minimum atomic E-state index is -0.918. The highest BCUT2D eigenvalue weighted by molar-refractivity contribution is 5.75. The van der Waals surface area contributed by atoms with Gasteiger partial charge in [-0.1, -0.05) is 18.2 Å². The summed E-state index contributed by atoms with van der Waals surface area (Å²) in [5.74, 6) is -0.465. The van der Waals surface area contributed by atoms with Gasteiger partial charge in [0.2, 0.25) is 0 Å². The molecule has 1 aliphatic heterocycles. The van der Waals surface area contributed by atoms with Gasteiger partial charge in [0.05, 0.1) is 27.2 Å². The Hall–Kier alpha value is -2.08. The first-order chi connectivity index (χ1) is 10.4. The van der Waals surface area contributed by atoms with Crippen LogP contribution in [0.15, 0.2) is 30.3 Å². The van der Waals surface area contributed by atoms with E-state index < -0.39 is 17.7 Å². The number of carbonyl (C=O) groups is 2. The number of para-hydroxylation sites is 1. The van der Waals surface area contributed by atoms with Gasteiger partial charge in [0.25, 0.3) is 0 Å². The van der Waals surface area contributed by atoms with Crippen LogP contribution in [0.2, 0.25) is 0 Å². The molecule has 1 fully saturated rings. The van der Waals surface area contributed by atoms with Gasteiger partial charge >= 0.3 is 12.1 Å². The van der Waals surface area contributed by atoms with Gasteiger partial charge in [0, 0.05) is 6.42 Å². The summed E-state index contributed by atoms with van der Waals surface area (Å²) in [7, 11) is 3.34. The van der Waals surface area contributed by atoms with Crippen molar-refractivity contribution >= 4 is 12.1 Å². The third-order valence-electron chi connectivity index (χ3n) is 4.08. The second kappa shape index (κ2) is 6.79. The molecule has 0 bridgehead atoms. The van der Waals surface area contributed by atoms with E-state index >= 15 is 0 Å². The lowest BCUT2D eigenvalue weighted by molar-refractivity contribution is -0.890. The monoisotopic (exact) mass is 308 g/mol. The molecule has 1 N–H and O–H groups in total. The Labute approximate surface area is 129 Å². The molecule has 0 spiro atoms. The molecular weight excluding hydrogens is 286 g/mol. The van der Waals surface area contributed by atoms with E-state index in [2.05, 4.69) is 0 Å². The second-order valence-corrected chi connectivity index (χ2v) is 5.82. The Morgan fingerprint density at radius 1 is 1.27 bits per heavy atom. The molecule has 0 aromatic heterocycles. The van der Waals surface area contributed by atoms with Gasteiger partial charge < -0.3 is 19.1 Å². The van der Waals surface area contributed by atoms with Gasteiger partial charge in [-0.05, 0) is 19.1 Å². The zero-order valence-electron chi connectivity index (χ0n) is 13.1. The summed E-state index contributed by atoms with van der Waals surface area (Å²) in [5.41, 5.74) is -0.918. The molecular formula is C16H22NO5+. The molecule has 120 valence electrons.